The average Bonchev–Trinajstić information content (AvgIpc) is 2.49. The number of hydrogen-bond donors (Lipinski definition) is 2. The molecule has 1 unspecified atom stereocenters. The highest BCUT2D eigenvalue weighted by atomic mass is 16.5. The van der Waals surface area contributed by atoms with Crippen LogP contribution in [0.2, 0.25) is 0 Å². The molecular weight excluding hydrogens is 278 g/mol. The molecule has 116 valence electrons. The lowest BCUT2D eigenvalue weighted by molar-refractivity contribution is -0.118. The number of aliphatic hydroxyl groups excluding tert-OH is 1. The first kappa shape index (κ1) is 16.0. The third-order valence-corrected chi connectivity index (χ3v) is 3.50. The van der Waals surface area contributed by atoms with Crippen molar-refractivity contribution >= 4 is 11.6 Å². The summed E-state index contributed by atoms with van der Waals surface area (Å²) >= 11 is 0. The van der Waals surface area contributed by atoms with Gasteiger partial charge in [-0.2, -0.15) is 0 Å². The molecule has 0 aromatic heterocycles. The van der Waals surface area contributed by atoms with Crippen LogP contribution in [0.4, 0.5) is 5.69 Å². The summed E-state index contributed by atoms with van der Waals surface area (Å²) < 4.78 is 5.46. The molecule has 0 aliphatic carbocycles. The Morgan fingerprint density at radius 2 is 1.95 bits per heavy atom. The van der Waals surface area contributed by atoms with E-state index >= 15 is 0 Å². The van der Waals surface area contributed by atoms with E-state index in [-0.39, 0.29) is 12.5 Å². The van der Waals surface area contributed by atoms with Gasteiger partial charge in [-0.15, -0.1) is 0 Å². The number of anilines is 1. The van der Waals surface area contributed by atoms with Crippen LogP contribution in [0.15, 0.2) is 42.5 Å². The van der Waals surface area contributed by atoms with Gasteiger partial charge >= 0.3 is 0 Å². The van der Waals surface area contributed by atoms with Crippen LogP contribution < -0.4 is 10.1 Å². The second kappa shape index (κ2) is 7.09. The number of benzene rings is 2. The zero-order valence-corrected chi connectivity index (χ0v) is 13.1. The quantitative estimate of drug-likeness (QED) is 0.890. The zero-order valence-electron chi connectivity index (χ0n) is 13.1. The van der Waals surface area contributed by atoms with Gasteiger partial charge in [-0.3, -0.25) is 4.79 Å². The van der Waals surface area contributed by atoms with Crippen molar-refractivity contribution in [3.05, 3.63) is 59.2 Å². The van der Waals surface area contributed by atoms with Gasteiger partial charge in [0.2, 0.25) is 0 Å². The first-order valence-corrected chi connectivity index (χ1v) is 7.23. The molecule has 4 heteroatoms. The maximum Gasteiger partial charge on any atom is 0.262 e. The van der Waals surface area contributed by atoms with Crippen LogP contribution in [-0.2, 0) is 4.79 Å². The Hall–Kier alpha value is -2.33. The minimum atomic E-state index is -0.562. The minimum absolute atomic E-state index is 0.0732. The van der Waals surface area contributed by atoms with Crippen molar-refractivity contribution in [2.24, 2.45) is 0 Å². The molecule has 0 saturated heterocycles. The van der Waals surface area contributed by atoms with Crippen LogP contribution in [0.3, 0.4) is 0 Å². The Morgan fingerprint density at radius 1 is 1.18 bits per heavy atom. The van der Waals surface area contributed by atoms with Crippen LogP contribution in [-0.4, -0.2) is 17.6 Å². The van der Waals surface area contributed by atoms with Crippen molar-refractivity contribution in [1.29, 1.82) is 0 Å². The summed E-state index contributed by atoms with van der Waals surface area (Å²) in [6.07, 6.45) is -0.562. The highest BCUT2D eigenvalue weighted by Crippen LogP contribution is 2.19. The van der Waals surface area contributed by atoms with Gasteiger partial charge in [-0.25, -0.2) is 0 Å². The molecule has 2 aromatic carbocycles. The number of carbonyl (C=O) groups excluding carboxylic acids is 1. The number of carbonyl (C=O) groups is 1. The number of aliphatic hydroxyl groups is 1. The highest BCUT2D eigenvalue weighted by Gasteiger charge is 2.06. The van der Waals surface area contributed by atoms with Crippen molar-refractivity contribution in [1.82, 2.24) is 0 Å². The minimum Gasteiger partial charge on any atom is -0.484 e. The second-order valence-electron chi connectivity index (χ2n) is 5.38. The molecule has 1 atom stereocenters. The third kappa shape index (κ3) is 4.33. The van der Waals surface area contributed by atoms with Gasteiger partial charge < -0.3 is 15.2 Å². The second-order valence-corrected chi connectivity index (χ2v) is 5.38. The molecule has 0 aliphatic heterocycles. The van der Waals surface area contributed by atoms with Gasteiger partial charge in [-0.05, 0) is 61.7 Å². The fourth-order valence-corrected chi connectivity index (χ4v) is 2.03. The smallest absolute Gasteiger partial charge is 0.262 e. The monoisotopic (exact) mass is 299 g/mol. The number of ether oxygens (including phenoxy) is 1. The third-order valence-electron chi connectivity index (χ3n) is 3.50. The molecule has 2 aromatic rings. The van der Waals surface area contributed by atoms with Gasteiger partial charge in [0.1, 0.15) is 5.75 Å². The predicted octanol–water partition coefficient (Wildman–Crippen LogP) is 3.37. The van der Waals surface area contributed by atoms with E-state index in [2.05, 4.69) is 5.32 Å². The van der Waals surface area contributed by atoms with E-state index in [4.69, 9.17) is 4.74 Å². The summed E-state index contributed by atoms with van der Waals surface area (Å²) in [6, 6.07) is 12.9. The van der Waals surface area contributed by atoms with Gasteiger partial charge in [0.15, 0.2) is 6.61 Å². The van der Waals surface area contributed by atoms with Crippen molar-refractivity contribution in [3.63, 3.8) is 0 Å². The van der Waals surface area contributed by atoms with Crippen LogP contribution in [0.1, 0.15) is 29.7 Å². The molecule has 0 bridgehead atoms. The highest BCUT2D eigenvalue weighted by molar-refractivity contribution is 5.92. The summed E-state index contributed by atoms with van der Waals surface area (Å²) in [7, 11) is 0. The molecule has 0 fully saturated rings. The molecule has 0 spiro atoms. The van der Waals surface area contributed by atoms with Crippen LogP contribution >= 0.6 is 0 Å². The van der Waals surface area contributed by atoms with Crippen LogP contribution in [0, 0.1) is 13.8 Å². The van der Waals surface area contributed by atoms with Gasteiger partial charge in [0.05, 0.1) is 6.10 Å². The van der Waals surface area contributed by atoms with Crippen LogP contribution in [0.5, 0.6) is 5.75 Å². The summed E-state index contributed by atoms with van der Waals surface area (Å²) in [5.41, 5.74) is 3.83. The molecule has 4 nitrogen and oxygen atoms in total. The SMILES string of the molecule is Cc1ccc(NC(=O)COc2cccc(C(C)O)c2)cc1C. The number of amides is 1. The Balaban J connectivity index is 1.92. The molecule has 2 N–H and O–H groups in total. The number of nitrogens with one attached hydrogen (secondary N) is 1. The largest absolute Gasteiger partial charge is 0.484 e. The predicted molar refractivity (Wildman–Crippen MR) is 87.1 cm³/mol. The molecule has 0 heterocycles. The standard InChI is InChI=1S/C18H21NO3/c1-12-7-8-16(9-13(12)2)19-18(21)11-22-17-6-4-5-15(10-17)14(3)20/h4-10,14,20H,11H2,1-3H3,(H,19,21). The Bertz CT molecular complexity index is 665. The summed E-state index contributed by atoms with van der Waals surface area (Å²) in [6.45, 7) is 5.64. The lowest BCUT2D eigenvalue weighted by Crippen LogP contribution is -2.20. The summed E-state index contributed by atoms with van der Waals surface area (Å²) in [4.78, 5) is 11.9. The van der Waals surface area contributed by atoms with E-state index in [1.165, 1.54) is 5.56 Å². The van der Waals surface area contributed by atoms with Gasteiger partial charge in [0.25, 0.3) is 5.91 Å². The Labute approximate surface area is 130 Å². The van der Waals surface area contributed by atoms with Gasteiger partial charge in [-0.1, -0.05) is 18.2 Å². The van der Waals surface area contributed by atoms with Crippen LogP contribution in [0.25, 0.3) is 0 Å². The Kier molecular flexibility index (Phi) is 5.17. The van der Waals surface area contributed by atoms with E-state index in [9.17, 15) is 9.90 Å². The fraction of sp³-hybridized carbons (Fsp3) is 0.278. The lowest BCUT2D eigenvalue weighted by atomic mass is 10.1. The van der Waals surface area contributed by atoms with E-state index < -0.39 is 6.10 Å². The van der Waals surface area contributed by atoms with Crippen molar-refractivity contribution in [3.8, 4) is 5.75 Å². The van der Waals surface area contributed by atoms with E-state index in [1.807, 2.05) is 38.1 Å². The first-order chi connectivity index (χ1) is 10.5. The number of aryl methyl sites for hydroxylation is 2. The Morgan fingerprint density at radius 3 is 2.64 bits per heavy atom. The van der Waals surface area contributed by atoms with E-state index in [0.29, 0.717) is 5.75 Å². The van der Waals surface area contributed by atoms with Crippen molar-refractivity contribution < 1.29 is 14.6 Å². The van der Waals surface area contributed by atoms with E-state index in [1.54, 1.807) is 25.1 Å². The molecular formula is C18H21NO3. The summed E-state index contributed by atoms with van der Waals surface area (Å²) in [5.74, 6) is 0.347. The van der Waals surface area contributed by atoms with Crippen molar-refractivity contribution in [2.75, 3.05) is 11.9 Å². The molecule has 0 aliphatic rings. The number of hydrogen-bond acceptors (Lipinski definition) is 3. The molecule has 22 heavy (non-hydrogen) atoms. The normalized spacial score (nSPS) is 11.8. The topological polar surface area (TPSA) is 58.6 Å². The van der Waals surface area contributed by atoms with Crippen molar-refractivity contribution in [2.45, 2.75) is 26.9 Å². The maximum absolute atomic E-state index is 11.9. The number of rotatable bonds is 5. The fourth-order valence-electron chi connectivity index (χ4n) is 2.03. The molecule has 1 amide bonds. The molecule has 0 saturated carbocycles. The lowest BCUT2D eigenvalue weighted by Gasteiger charge is -2.10. The van der Waals surface area contributed by atoms with Gasteiger partial charge in [0, 0.05) is 5.69 Å². The summed E-state index contributed by atoms with van der Waals surface area (Å²) in [5, 5.41) is 12.3. The molecule has 0 radical (unpaired) electrons. The maximum atomic E-state index is 11.9. The first-order valence-electron chi connectivity index (χ1n) is 7.23. The molecule has 2 rings (SSSR count). The van der Waals surface area contributed by atoms with E-state index in [0.717, 1.165) is 16.8 Å². The zero-order chi connectivity index (χ0) is 16.1. The average molecular weight is 299 g/mol.